The Morgan fingerprint density at radius 2 is 2.25 bits per heavy atom. The van der Waals surface area contributed by atoms with Gasteiger partial charge in [0.05, 0.1) is 13.2 Å². The van der Waals surface area contributed by atoms with E-state index in [2.05, 4.69) is 26.0 Å². The molecule has 1 aliphatic rings. The number of methoxy groups -OCH3 is 1. The van der Waals surface area contributed by atoms with Gasteiger partial charge in [-0.25, -0.2) is 0 Å². The molecule has 1 aromatic rings. The summed E-state index contributed by atoms with van der Waals surface area (Å²) in [7, 11) is 1.72. The molecular formula is C14H20O2. The molecule has 1 aromatic carbocycles. The summed E-state index contributed by atoms with van der Waals surface area (Å²) in [5.41, 5.74) is 2.44. The van der Waals surface area contributed by atoms with Crippen molar-refractivity contribution in [1.29, 1.82) is 0 Å². The maximum atomic E-state index is 6.00. The van der Waals surface area contributed by atoms with Gasteiger partial charge in [0.1, 0.15) is 11.5 Å². The van der Waals surface area contributed by atoms with Crippen molar-refractivity contribution in [2.24, 2.45) is 0 Å². The van der Waals surface area contributed by atoms with Crippen LogP contribution in [0, 0.1) is 6.92 Å². The van der Waals surface area contributed by atoms with Gasteiger partial charge in [0.2, 0.25) is 0 Å². The summed E-state index contributed by atoms with van der Waals surface area (Å²) in [6.45, 7) is 4.27. The minimum atomic E-state index is 0.408. The molecular weight excluding hydrogens is 200 g/mol. The summed E-state index contributed by atoms with van der Waals surface area (Å²) in [4.78, 5) is 0. The van der Waals surface area contributed by atoms with E-state index in [1.54, 1.807) is 7.11 Å². The van der Waals surface area contributed by atoms with Gasteiger partial charge in [-0.2, -0.15) is 0 Å². The molecule has 16 heavy (non-hydrogen) atoms. The van der Waals surface area contributed by atoms with Gasteiger partial charge in [0.25, 0.3) is 0 Å². The Bertz CT molecular complexity index is 371. The number of rotatable bonds is 3. The molecule has 0 amide bonds. The first-order valence-corrected chi connectivity index (χ1v) is 6.08. The summed E-state index contributed by atoms with van der Waals surface area (Å²) in [5.74, 6) is 2.03. The fourth-order valence-corrected chi connectivity index (χ4v) is 2.31. The number of aryl methyl sites for hydroxylation is 2. The first-order valence-electron chi connectivity index (χ1n) is 6.08. The maximum absolute atomic E-state index is 6.00. The van der Waals surface area contributed by atoms with Gasteiger partial charge in [0, 0.05) is 0 Å². The van der Waals surface area contributed by atoms with Gasteiger partial charge in [-0.15, -0.1) is 0 Å². The molecule has 2 heteroatoms. The fraction of sp³-hybridized carbons (Fsp3) is 0.571. The van der Waals surface area contributed by atoms with E-state index in [-0.39, 0.29) is 0 Å². The zero-order valence-corrected chi connectivity index (χ0v) is 10.4. The predicted octanol–water partition coefficient (Wildman–Crippen LogP) is 3.50. The number of benzene rings is 1. The molecule has 0 radical (unpaired) electrons. The third-order valence-corrected chi connectivity index (χ3v) is 3.22. The second-order valence-corrected chi connectivity index (χ2v) is 4.50. The standard InChI is InChI=1S/C14H20O2/c1-4-5-12-7-6-11-9-13(15-3)10(2)8-14(11)16-12/h8-9,12H,4-7H2,1-3H3. The highest BCUT2D eigenvalue weighted by Crippen LogP contribution is 2.34. The largest absolute Gasteiger partial charge is 0.496 e. The van der Waals surface area contributed by atoms with E-state index >= 15 is 0 Å². The van der Waals surface area contributed by atoms with E-state index in [4.69, 9.17) is 9.47 Å². The Kier molecular flexibility index (Phi) is 3.37. The number of ether oxygens (including phenoxy) is 2. The van der Waals surface area contributed by atoms with Gasteiger partial charge < -0.3 is 9.47 Å². The van der Waals surface area contributed by atoms with Gasteiger partial charge in [-0.1, -0.05) is 13.3 Å². The van der Waals surface area contributed by atoms with Gasteiger partial charge in [0.15, 0.2) is 0 Å². The highest BCUT2D eigenvalue weighted by atomic mass is 16.5. The Hall–Kier alpha value is -1.18. The zero-order valence-electron chi connectivity index (χ0n) is 10.4. The lowest BCUT2D eigenvalue weighted by Crippen LogP contribution is -2.22. The molecule has 0 N–H and O–H groups in total. The lowest BCUT2D eigenvalue weighted by molar-refractivity contribution is 0.162. The highest BCUT2D eigenvalue weighted by molar-refractivity contribution is 5.46. The molecule has 2 rings (SSSR count). The van der Waals surface area contributed by atoms with Crippen molar-refractivity contribution in [2.75, 3.05) is 7.11 Å². The molecule has 1 aliphatic heterocycles. The second-order valence-electron chi connectivity index (χ2n) is 4.50. The van der Waals surface area contributed by atoms with E-state index in [1.807, 2.05) is 0 Å². The SMILES string of the molecule is CCCC1CCc2cc(OC)c(C)cc2O1. The zero-order chi connectivity index (χ0) is 11.5. The van der Waals surface area contributed by atoms with Crippen LogP contribution in [0.25, 0.3) is 0 Å². The van der Waals surface area contributed by atoms with Crippen LogP contribution in [0.15, 0.2) is 12.1 Å². The quantitative estimate of drug-likeness (QED) is 0.776. The molecule has 0 spiro atoms. The smallest absolute Gasteiger partial charge is 0.123 e. The van der Waals surface area contributed by atoms with Crippen LogP contribution >= 0.6 is 0 Å². The molecule has 0 aliphatic carbocycles. The van der Waals surface area contributed by atoms with Crippen LogP contribution in [0.2, 0.25) is 0 Å². The normalized spacial score (nSPS) is 18.8. The van der Waals surface area contributed by atoms with Crippen molar-refractivity contribution in [3.63, 3.8) is 0 Å². The summed E-state index contributed by atoms with van der Waals surface area (Å²) >= 11 is 0. The van der Waals surface area contributed by atoms with Crippen LogP contribution in [0.5, 0.6) is 11.5 Å². The number of hydrogen-bond acceptors (Lipinski definition) is 2. The third-order valence-electron chi connectivity index (χ3n) is 3.22. The van der Waals surface area contributed by atoms with E-state index in [0.29, 0.717) is 6.10 Å². The molecule has 1 unspecified atom stereocenters. The average Bonchev–Trinajstić information content (AvgIpc) is 2.28. The van der Waals surface area contributed by atoms with Crippen LogP contribution in [0.4, 0.5) is 0 Å². The van der Waals surface area contributed by atoms with E-state index in [1.165, 1.54) is 12.0 Å². The Labute approximate surface area is 97.6 Å². The summed E-state index contributed by atoms with van der Waals surface area (Å²) < 4.78 is 11.3. The predicted molar refractivity (Wildman–Crippen MR) is 65.4 cm³/mol. The summed E-state index contributed by atoms with van der Waals surface area (Å²) in [5, 5.41) is 0. The Balaban J connectivity index is 2.22. The number of fused-ring (bicyclic) bond motifs is 1. The van der Waals surface area contributed by atoms with Crippen LogP contribution < -0.4 is 9.47 Å². The summed E-state index contributed by atoms with van der Waals surface area (Å²) in [6, 6.07) is 4.23. The van der Waals surface area contributed by atoms with Crippen molar-refractivity contribution in [2.45, 2.75) is 45.6 Å². The second kappa shape index (κ2) is 4.77. The maximum Gasteiger partial charge on any atom is 0.123 e. The van der Waals surface area contributed by atoms with Crippen LogP contribution in [-0.4, -0.2) is 13.2 Å². The molecule has 0 saturated carbocycles. The van der Waals surface area contributed by atoms with Crippen molar-refractivity contribution in [1.82, 2.24) is 0 Å². The topological polar surface area (TPSA) is 18.5 Å². The van der Waals surface area contributed by atoms with Crippen molar-refractivity contribution in [3.05, 3.63) is 23.3 Å². The molecule has 88 valence electrons. The van der Waals surface area contributed by atoms with Crippen LogP contribution in [0.3, 0.4) is 0 Å². The fourth-order valence-electron chi connectivity index (χ4n) is 2.31. The minimum absolute atomic E-state index is 0.408. The van der Waals surface area contributed by atoms with Crippen LogP contribution in [0.1, 0.15) is 37.3 Å². The van der Waals surface area contributed by atoms with E-state index in [9.17, 15) is 0 Å². The van der Waals surface area contributed by atoms with E-state index in [0.717, 1.165) is 36.3 Å². The van der Waals surface area contributed by atoms with E-state index < -0.39 is 0 Å². The summed E-state index contributed by atoms with van der Waals surface area (Å²) in [6.07, 6.45) is 4.99. The molecule has 1 heterocycles. The molecule has 0 fully saturated rings. The van der Waals surface area contributed by atoms with Crippen molar-refractivity contribution >= 4 is 0 Å². The van der Waals surface area contributed by atoms with Crippen LogP contribution in [-0.2, 0) is 6.42 Å². The van der Waals surface area contributed by atoms with Gasteiger partial charge in [-0.3, -0.25) is 0 Å². The third kappa shape index (κ3) is 2.16. The van der Waals surface area contributed by atoms with Gasteiger partial charge >= 0.3 is 0 Å². The number of hydrogen-bond donors (Lipinski definition) is 0. The first-order chi connectivity index (χ1) is 7.74. The average molecular weight is 220 g/mol. The highest BCUT2D eigenvalue weighted by Gasteiger charge is 2.20. The minimum Gasteiger partial charge on any atom is -0.496 e. The molecule has 0 bridgehead atoms. The molecule has 1 atom stereocenters. The van der Waals surface area contributed by atoms with Gasteiger partial charge in [-0.05, 0) is 49.4 Å². The first kappa shape index (κ1) is 11.3. The lowest BCUT2D eigenvalue weighted by Gasteiger charge is -2.26. The van der Waals surface area contributed by atoms with Crippen molar-refractivity contribution in [3.8, 4) is 11.5 Å². The Morgan fingerprint density at radius 3 is 2.94 bits per heavy atom. The van der Waals surface area contributed by atoms with Crippen molar-refractivity contribution < 1.29 is 9.47 Å². The molecule has 0 aromatic heterocycles. The molecule has 0 saturated heterocycles. The Morgan fingerprint density at radius 1 is 1.44 bits per heavy atom. The monoisotopic (exact) mass is 220 g/mol. The molecule has 2 nitrogen and oxygen atoms in total. The lowest BCUT2D eigenvalue weighted by atomic mass is 9.98.